The maximum absolute atomic E-state index is 10.5. The number of allylic oxidation sites excluding steroid dienone is 4. The van der Waals surface area contributed by atoms with Crippen molar-refractivity contribution in [3.05, 3.63) is 71.7 Å². The SMILES string of the molecule is C=C/C(=C\C=C(/C)OC)OC1OC(CCP(O)Cc2ccccc2C#N)CC(O)C1O.CCC(C)C. The molecule has 1 aliphatic rings. The van der Waals surface area contributed by atoms with Gasteiger partial charge in [-0.05, 0) is 55.3 Å². The molecular formula is C28H42NO6P. The molecule has 5 unspecified atom stereocenters. The molecule has 200 valence electrons. The third kappa shape index (κ3) is 11.7. The fourth-order valence-electron chi connectivity index (χ4n) is 3.09. The highest BCUT2D eigenvalue weighted by molar-refractivity contribution is 7.50. The zero-order valence-corrected chi connectivity index (χ0v) is 23.0. The number of nitrogens with zero attached hydrogens (tertiary/aromatic N) is 1. The Morgan fingerprint density at radius 1 is 1.31 bits per heavy atom. The molecule has 3 N–H and O–H groups in total. The monoisotopic (exact) mass is 519 g/mol. The summed E-state index contributed by atoms with van der Waals surface area (Å²) >= 11 is 0. The zero-order chi connectivity index (χ0) is 27.1. The number of hydrogen-bond donors (Lipinski definition) is 3. The second-order valence-electron chi connectivity index (χ2n) is 9.04. The highest BCUT2D eigenvalue weighted by atomic mass is 31.1. The summed E-state index contributed by atoms with van der Waals surface area (Å²) in [5, 5.41) is 29.7. The van der Waals surface area contributed by atoms with E-state index in [1.807, 2.05) is 12.1 Å². The molecule has 0 saturated carbocycles. The van der Waals surface area contributed by atoms with Crippen LogP contribution in [0.4, 0.5) is 0 Å². The van der Waals surface area contributed by atoms with E-state index in [4.69, 9.17) is 14.2 Å². The Bertz CT molecular complexity index is 894. The van der Waals surface area contributed by atoms with Crippen molar-refractivity contribution in [3.63, 3.8) is 0 Å². The molecule has 2 rings (SSSR count). The lowest BCUT2D eigenvalue weighted by molar-refractivity contribution is -0.252. The number of aliphatic hydroxyl groups excluding tert-OH is 2. The van der Waals surface area contributed by atoms with E-state index < -0.39 is 26.6 Å². The minimum Gasteiger partial charge on any atom is -0.501 e. The molecule has 8 heteroatoms. The van der Waals surface area contributed by atoms with Gasteiger partial charge < -0.3 is 29.3 Å². The molecule has 0 amide bonds. The first-order chi connectivity index (χ1) is 17.1. The first-order valence-corrected chi connectivity index (χ1v) is 14.0. The largest absolute Gasteiger partial charge is 0.501 e. The van der Waals surface area contributed by atoms with E-state index in [9.17, 15) is 20.4 Å². The molecule has 1 saturated heterocycles. The van der Waals surface area contributed by atoms with Gasteiger partial charge in [-0.15, -0.1) is 0 Å². The number of benzene rings is 1. The van der Waals surface area contributed by atoms with Gasteiger partial charge in [0, 0.05) is 20.7 Å². The lowest BCUT2D eigenvalue weighted by Crippen LogP contribution is -2.49. The Morgan fingerprint density at radius 2 is 1.97 bits per heavy atom. The smallest absolute Gasteiger partial charge is 0.228 e. The van der Waals surface area contributed by atoms with Crippen LogP contribution in [-0.2, 0) is 20.4 Å². The molecule has 1 heterocycles. The summed E-state index contributed by atoms with van der Waals surface area (Å²) in [6, 6.07) is 9.35. The lowest BCUT2D eigenvalue weighted by Gasteiger charge is -2.37. The summed E-state index contributed by atoms with van der Waals surface area (Å²) in [5.74, 6) is 1.92. The standard InChI is InChI=1S/C23H30NO6P.C5H12/c1-4-19(10-9-16(2)28-3)29-23-22(26)21(25)13-20(30-23)11-12-31(27)15-18-8-6-5-7-17(18)14-24;1-4-5(2)3/h4-10,20-23,25-27H,1,11-13,15H2,2-3H3;5H,4H2,1-3H3/b16-9+,19-10+;. The van der Waals surface area contributed by atoms with Crippen molar-refractivity contribution in [1.29, 1.82) is 5.26 Å². The summed E-state index contributed by atoms with van der Waals surface area (Å²) in [6.45, 7) is 12.1. The topological polar surface area (TPSA) is 112 Å². The van der Waals surface area contributed by atoms with Gasteiger partial charge >= 0.3 is 0 Å². The lowest BCUT2D eigenvalue weighted by atomic mass is 10.0. The highest BCUT2D eigenvalue weighted by Crippen LogP contribution is 2.38. The van der Waals surface area contributed by atoms with Crippen molar-refractivity contribution in [3.8, 4) is 6.07 Å². The molecule has 0 spiro atoms. The van der Waals surface area contributed by atoms with Crippen LogP contribution in [0.15, 0.2) is 60.6 Å². The molecule has 1 aromatic carbocycles. The number of ether oxygens (including phenoxy) is 3. The number of nitriles is 1. The second-order valence-corrected chi connectivity index (χ2v) is 10.8. The average molecular weight is 520 g/mol. The van der Waals surface area contributed by atoms with Crippen LogP contribution in [-0.4, -0.2) is 53.0 Å². The van der Waals surface area contributed by atoms with E-state index in [1.165, 1.54) is 12.5 Å². The third-order valence-electron chi connectivity index (χ3n) is 5.78. The van der Waals surface area contributed by atoms with E-state index in [1.54, 1.807) is 38.3 Å². The van der Waals surface area contributed by atoms with Gasteiger partial charge in [0.15, 0.2) is 0 Å². The molecule has 36 heavy (non-hydrogen) atoms. The van der Waals surface area contributed by atoms with Crippen molar-refractivity contribution < 1.29 is 29.3 Å². The summed E-state index contributed by atoms with van der Waals surface area (Å²) in [6.07, 6.45) is 4.11. The minimum absolute atomic E-state index is 0.245. The van der Waals surface area contributed by atoms with Crippen LogP contribution >= 0.6 is 8.15 Å². The Labute approximate surface area is 217 Å². The Balaban J connectivity index is 0.00000118. The van der Waals surface area contributed by atoms with Gasteiger partial charge in [-0.3, -0.25) is 0 Å². The molecule has 1 aromatic rings. The Hall–Kier alpha value is -2.20. The molecule has 0 radical (unpaired) electrons. The number of rotatable bonds is 11. The van der Waals surface area contributed by atoms with Crippen LogP contribution in [0.2, 0.25) is 0 Å². The second kappa shape index (κ2) is 17.3. The number of hydrogen-bond acceptors (Lipinski definition) is 7. The van der Waals surface area contributed by atoms with Gasteiger partial charge in [0.05, 0.1) is 36.7 Å². The van der Waals surface area contributed by atoms with E-state index in [-0.39, 0.29) is 12.5 Å². The third-order valence-corrected chi connectivity index (χ3v) is 7.26. The molecule has 1 fully saturated rings. The normalized spacial score (nSPS) is 23.2. The molecule has 1 aliphatic heterocycles. The minimum atomic E-state index is -1.34. The summed E-state index contributed by atoms with van der Waals surface area (Å²) < 4.78 is 16.6. The van der Waals surface area contributed by atoms with E-state index in [0.29, 0.717) is 35.8 Å². The zero-order valence-electron chi connectivity index (χ0n) is 22.1. The van der Waals surface area contributed by atoms with Crippen molar-refractivity contribution in [2.75, 3.05) is 13.3 Å². The van der Waals surface area contributed by atoms with Crippen molar-refractivity contribution >= 4 is 8.15 Å². The predicted octanol–water partition coefficient (Wildman–Crippen LogP) is 5.36. The van der Waals surface area contributed by atoms with Crippen LogP contribution in [0.5, 0.6) is 0 Å². The predicted molar refractivity (Wildman–Crippen MR) is 144 cm³/mol. The van der Waals surface area contributed by atoms with Crippen LogP contribution in [0.3, 0.4) is 0 Å². The molecule has 0 aliphatic carbocycles. The highest BCUT2D eigenvalue weighted by Gasteiger charge is 2.38. The van der Waals surface area contributed by atoms with Crippen LogP contribution in [0, 0.1) is 17.2 Å². The van der Waals surface area contributed by atoms with Crippen molar-refractivity contribution in [1.82, 2.24) is 0 Å². The van der Waals surface area contributed by atoms with Gasteiger partial charge in [0.25, 0.3) is 0 Å². The van der Waals surface area contributed by atoms with E-state index in [0.717, 1.165) is 11.5 Å². The molecule has 0 bridgehead atoms. The summed E-state index contributed by atoms with van der Waals surface area (Å²) in [5.41, 5.74) is 1.38. The fourth-order valence-corrected chi connectivity index (χ4v) is 4.51. The summed E-state index contributed by atoms with van der Waals surface area (Å²) in [7, 11) is 0.210. The Kier molecular flexibility index (Phi) is 15.3. The van der Waals surface area contributed by atoms with Crippen LogP contribution in [0.1, 0.15) is 58.1 Å². The molecule has 5 atom stereocenters. The quantitative estimate of drug-likeness (QED) is 0.205. The van der Waals surface area contributed by atoms with Crippen molar-refractivity contribution in [2.24, 2.45) is 5.92 Å². The molecule has 7 nitrogen and oxygen atoms in total. The maximum Gasteiger partial charge on any atom is 0.228 e. The molecular weight excluding hydrogens is 477 g/mol. The van der Waals surface area contributed by atoms with Gasteiger partial charge in [-0.2, -0.15) is 5.26 Å². The van der Waals surface area contributed by atoms with Gasteiger partial charge in [0.1, 0.15) is 11.9 Å². The van der Waals surface area contributed by atoms with Gasteiger partial charge in [-0.1, -0.05) is 52.0 Å². The molecule has 0 aromatic heterocycles. The van der Waals surface area contributed by atoms with Crippen LogP contribution < -0.4 is 0 Å². The van der Waals surface area contributed by atoms with Gasteiger partial charge in [-0.25, -0.2) is 0 Å². The van der Waals surface area contributed by atoms with Gasteiger partial charge in [0.2, 0.25) is 6.29 Å². The van der Waals surface area contributed by atoms with Crippen LogP contribution in [0.25, 0.3) is 0 Å². The van der Waals surface area contributed by atoms with E-state index in [2.05, 4.69) is 33.4 Å². The van der Waals surface area contributed by atoms with Crippen molar-refractivity contribution in [2.45, 2.75) is 77.7 Å². The fraction of sp³-hybridized carbons (Fsp3) is 0.536. The number of methoxy groups -OCH3 is 1. The van der Waals surface area contributed by atoms with E-state index >= 15 is 0 Å². The first-order valence-electron chi connectivity index (χ1n) is 12.3. The average Bonchev–Trinajstić information content (AvgIpc) is 2.88. The maximum atomic E-state index is 10.5. The first kappa shape index (κ1) is 31.8. The number of aliphatic hydroxyl groups is 2. The summed E-state index contributed by atoms with van der Waals surface area (Å²) in [4.78, 5) is 10.5. The Morgan fingerprint density at radius 3 is 2.56 bits per heavy atom.